The smallest absolute Gasteiger partial charge is 0.339 e. The molecule has 0 amide bonds. The predicted molar refractivity (Wildman–Crippen MR) is 492 cm³/mol. The van der Waals surface area contributed by atoms with Gasteiger partial charge in [0.2, 0.25) is 0 Å². The van der Waals surface area contributed by atoms with E-state index in [9.17, 15) is 126 Å². The molecule has 0 aromatic heterocycles. The molecular weight excluding hydrogens is 1890 g/mol. The highest BCUT2D eigenvalue weighted by Gasteiger charge is 2.31. The van der Waals surface area contributed by atoms with Gasteiger partial charge in [0.15, 0.2) is 11.6 Å². The number of hydrogen-bond donors (Lipinski definition) is 1. The summed E-state index contributed by atoms with van der Waals surface area (Å²) < 4.78 is 219. The molecule has 34 nitrogen and oxygen atoms in total. The number of carbonyl (C=O) groups is 9. The molecular formula is C96H84O34S6-6. The van der Waals surface area contributed by atoms with Gasteiger partial charge in [0.1, 0.15) is 5.92 Å². The minimum absolute atomic E-state index is 0.00232. The van der Waals surface area contributed by atoms with E-state index >= 15 is 0 Å². The number of rotatable bonds is 33. The third-order valence-electron chi connectivity index (χ3n) is 19.6. The molecule has 0 saturated heterocycles. The van der Waals surface area contributed by atoms with Crippen LogP contribution in [0.1, 0.15) is 150 Å². The molecule has 40 heteroatoms. The lowest BCUT2D eigenvalue weighted by Gasteiger charge is -2.17. The Labute approximate surface area is 781 Å². The molecule has 0 spiro atoms. The summed E-state index contributed by atoms with van der Waals surface area (Å²) in [6.45, 7) is -0.926. The molecule has 13 aromatic rings. The van der Waals surface area contributed by atoms with Gasteiger partial charge in [0.05, 0.1) is 134 Å². The summed E-state index contributed by atoms with van der Waals surface area (Å²) in [7, 11) is -25.8. The number of carbonyl (C=O) groups excluding carboxylic acids is 8. The number of esters is 6. The summed E-state index contributed by atoms with van der Waals surface area (Å²) in [4.78, 5) is 109. The second kappa shape index (κ2) is 49.5. The number of carboxylic acid groups (broad SMARTS) is 1. The fourth-order valence-electron chi connectivity index (χ4n) is 13.4. The summed E-state index contributed by atoms with van der Waals surface area (Å²) >= 11 is 0. The maximum Gasteiger partial charge on any atom is 0.339 e. The van der Waals surface area contributed by atoms with E-state index in [1.807, 2.05) is 176 Å². The molecule has 0 unspecified atom stereocenters. The highest BCUT2D eigenvalue weighted by atomic mass is 32.2. The lowest BCUT2D eigenvalue weighted by atomic mass is 9.83. The van der Waals surface area contributed by atoms with Crippen LogP contribution in [0.25, 0.3) is 53.9 Å². The molecule has 0 atom stereocenters. The molecule has 1 N–H and O–H groups in total. The first kappa shape index (κ1) is 106. The van der Waals surface area contributed by atoms with Crippen LogP contribution in [-0.4, -0.2) is 210 Å². The minimum atomic E-state index is -4.37. The van der Waals surface area contributed by atoms with Crippen molar-refractivity contribution >= 4 is 168 Å². The Balaban J connectivity index is 0.000000183. The highest BCUT2D eigenvalue weighted by molar-refractivity contribution is 7.86. The summed E-state index contributed by atoms with van der Waals surface area (Å²) in [6.07, 6.45) is -0.275. The molecule has 0 bridgehead atoms. The fourth-order valence-corrected chi connectivity index (χ4v) is 16.2. The van der Waals surface area contributed by atoms with E-state index in [2.05, 4.69) is 0 Å². The standard InChI is InChI=1S/C18H14O7S.C18H16O5S.C17H18O5S.C15H14O7S.2C14H14O5S/c19-16-12-4-1-2-5-13(12)17(20)15-10-11(6-7-14(15)16)18(21)25-8-3-9-26(22,23)24;19-18(23-10-5-11-24(20,21)22)17-15-8-3-1-6-13(15)12-14-7-2-4-9-16(14)17;18-17(22-12-7-13-23(19,20)21)16(14-8-3-1-4-9-14)15-10-5-2-6-11-15;16-14(17)12-8-10-4-1-2-5-11(10)9-13(12)15(18)22-6-3-7-23(19,20)21;15-14(19-9-4-10-20(16,17)18)13-8-3-6-11-5-1-2-7-12(11)13;15-14(19-8-3-9-20(16,17)18)13-7-6-11-4-1-2-5-12(11)10-13/h1-2,4-7,10H,3,8-9H2,(H,22,23,24);1-4,6-9,12H,5,10-11H2,(H,20,21,22);1-6,8-11,16H,7,12-13H2,(H,19,20,21);1-2,4-5,8-9H,3,6-7H2,(H,16,17)(H,19,20,21);1-3,5-8H,4,9-10H2,(H,16,17,18);1-2,4-7,10H,3,8-9H2,(H,16,17,18)/p-6. The van der Waals surface area contributed by atoms with Gasteiger partial charge in [-0.25, -0.2) is 79.3 Å². The first-order chi connectivity index (χ1) is 64.4. The minimum Gasteiger partial charge on any atom is -0.748 e. The van der Waals surface area contributed by atoms with E-state index in [-0.39, 0.29) is 123 Å². The number of ketones is 2. The van der Waals surface area contributed by atoms with Crippen LogP contribution in [0.4, 0.5) is 0 Å². The Hall–Kier alpha value is -13.8. The summed E-state index contributed by atoms with van der Waals surface area (Å²) in [5.41, 5.74) is 3.51. The number of benzene rings is 13. The van der Waals surface area contributed by atoms with E-state index in [1.165, 1.54) is 30.3 Å². The molecule has 0 radical (unpaired) electrons. The van der Waals surface area contributed by atoms with Crippen LogP contribution in [0.3, 0.4) is 0 Å². The number of aromatic carboxylic acids is 1. The van der Waals surface area contributed by atoms with E-state index in [4.69, 9.17) is 28.4 Å². The summed E-state index contributed by atoms with van der Waals surface area (Å²) in [6, 6.07) is 81.1. The molecule has 0 aliphatic heterocycles. The zero-order valence-corrected chi connectivity index (χ0v) is 76.6. The normalized spacial score (nSPS) is 11.8. The average molecular weight is 1970 g/mol. The summed E-state index contributed by atoms with van der Waals surface area (Å²) in [5, 5.41) is 17.6. The number of hydrogen-bond acceptors (Lipinski definition) is 33. The molecule has 1 aliphatic carbocycles. The van der Waals surface area contributed by atoms with Gasteiger partial charge in [0, 0.05) is 56.8 Å². The second-order valence-corrected chi connectivity index (χ2v) is 38.7. The van der Waals surface area contributed by atoms with Gasteiger partial charge in [-0.05, 0) is 158 Å². The van der Waals surface area contributed by atoms with Crippen LogP contribution in [-0.2, 0) is 93.9 Å². The Kier molecular flexibility index (Phi) is 38.5. The Morgan fingerprint density at radius 1 is 0.257 bits per heavy atom. The lowest BCUT2D eigenvalue weighted by Crippen LogP contribution is -2.21. The molecule has 136 heavy (non-hydrogen) atoms. The monoisotopic (exact) mass is 1970 g/mol. The van der Waals surface area contributed by atoms with Gasteiger partial charge in [-0.15, -0.1) is 0 Å². The Morgan fingerprint density at radius 2 is 0.566 bits per heavy atom. The topological polar surface area (TPSA) is 572 Å². The van der Waals surface area contributed by atoms with Crippen LogP contribution in [0.15, 0.2) is 279 Å². The molecule has 0 saturated carbocycles. The maximum atomic E-state index is 12.6. The van der Waals surface area contributed by atoms with E-state index < -0.39 is 143 Å². The van der Waals surface area contributed by atoms with Crippen LogP contribution in [0.2, 0.25) is 0 Å². The van der Waals surface area contributed by atoms with Gasteiger partial charge in [0.25, 0.3) is 0 Å². The van der Waals surface area contributed by atoms with E-state index in [0.29, 0.717) is 33.0 Å². The van der Waals surface area contributed by atoms with Crippen molar-refractivity contribution in [3.05, 3.63) is 346 Å². The van der Waals surface area contributed by atoms with Crippen molar-refractivity contribution in [1.29, 1.82) is 0 Å². The van der Waals surface area contributed by atoms with Crippen LogP contribution >= 0.6 is 0 Å². The summed E-state index contributed by atoms with van der Waals surface area (Å²) in [5.74, 6) is -9.62. The number of ether oxygens (including phenoxy) is 6. The number of fused-ring (bicyclic) bond motifs is 7. The Bertz CT molecular complexity index is 7180. The molecule has 13 aromatic carbocycles. The SMILES string of the molecule is O=C(O)c1cc2ccccc2cc1C(=O)OCCCS(=O)(=O)[O-].O=C(OCCCS(=O)(=O)[O-])C(c1ccccc1)c1ccccc1.O=C(OCCCS(=O)(=O)[O-])c1c2ccccc2cc2ccccc12.O=C(OCCCS(=O)(=O)[O-])c1ccc2c(c1)C(=O)c1ccccc1C2=O.O=C(OCCCS(=O)(=O)[O-])c1ccc2ccccc2c1.O=C(OCCCS(=O)(=O)[O-])c1cccc2ccccc12. The molecule has 714 valence electrons. The zero-order chi connectivity index (χ0) is 99.0. The molecule has 0 heterocycles. The van der Waals surface area contributed by atoms with Gasteiger partial charge in [-0.3, -0.25) is 14.4 Å². The van der Waals surface area contributed by atoms with Gasteiger partial charge < -0.3 is 60.8 Å². The highest BCUT2D eigenvalue weighted by Crippen LogP contribution is 2.33. The van der Waals surface area contributed by atoms with Gasteiger partial charge in [-0.2, -0.15) is 0 Å². The van der Waals surface area contributed by atoms with Crippen molar-refractivity contribution in [2.24, 2.45) is 0 Å². The first-order valence-corrected chi connectivity index (χ1v) is 50.6. The van der Waals surface area contributed by atoms with Crippen molar-refractivity contribution in [3.8, 4) is 0 Å². The van der Waals surface area contributed by atoms with E-state index in [0.717, 1.165) is 54.2 Å². The predicted octanol–water partition coefficient (Wildman–Crippen LogP) is 12.4. The van der Waals surface area contributed by atoms with Crippen molar-refractivity contribution in [2.75, 3.05) is 74.2 Å². The first-order valence-electron chi connectivity index (χ1n) is 41.1. The van der Waals surface area contributed by atoms with E-state index in [1.54, 1.807) is 72.8 Å². The fraction of sp³-hybridized carbons (Fsp3) is 0.198. The molecule has 1 aliphatic rings. The second-order valence-electron chi connectivity index (χ2n) is 29.6. The Morgan fingerprint density at radius 3 is 0.993 bits per heavy atom. The lowest BCUT2D eigenvalue weighted by molar-refractivity contribution is -0.144. The third kappa shape index (κ3) is 34.0. The average Bonchev–Trinajstić information content (AvgIpc) is 0.763. The van der Waals surface area contributed by atoms with Crippen molar-refractivity contribution in [3.63, 3.8) is 0 Å². The van der Waals surface area contributed by atoms with Crippen LogP contribution in [0.5, 0.6) is 0 Å². The largest absolute Gasteiger partial charge is 0.748 e. The van der Waals surface area contributed by atoms with Gasteiger partial charge >= 0.3 is 41.8 Å². The molecule has 14 rings (SSSR count). The molecule has 0 fully saturated rings. The van der Waals surface area contributed by atoms with Crippen molar-refractivity contribution in [2.45, 2.75) is 44.4 Å². The number of carboxylic acids is 1. The van der Waals surface area contributed by atoms with Crippen LogP contribution < -0.4 is 0 Å². The third-order valence-corrected chi connectivity index (χ3v) is 24.3. The maximum absolute atomic E-state index is 12.6. The zero-order valence-electron chi connectivity index (χ0n) is 71.7. The quantitative estimate of drug-likeness (QED) is 0.0131. The van der Waals surface area contributed by atoms with Crippen molar-refractivity contribution < 1.29 is 155 Å². The van der Waals surface area contributed by atoms with Crippen molar-refractivity contribution in [1.82, 2.24) is 0 Å². The van der Waals surface area contributed by atoms with Gasteiger partial charge in [-0.1, -0.05) is 224 Å². The van der Waals surface area contributed by atoms with Crippen LogP contribution in [0, 0.1) is 0 Å².